The standard InChI is InChI=1S/C12H18N2O/c1-8-4-5-9(2)10(6-8)11(13)7-12(15)14-3/h4-6,11H,7,13H2,1-3H3,(H,14,15). The van der Waals surface area contributed by atoms with Crippen molar-refractivity contribution < 1.29 is 4.79 Å². The molecule has 3 nitrogen and oxygen atoms in total. The van der Waals surface area contributed by atoms with E-state index < -0.39 is 0 Å². The molecule has 0 aliphatic carbocycles. The minimum atomic E-state index is -0.218. The Hall–Kier alpha value is -1.35. The van der Waals surface area contributed by atoms with E-state index in [1.54, 1.807) is 7.05 Å². The van der Waals surface area contributed by atoms with Crippen molar-refractivity contribution in [3.63, 3.8) is 0 Å². The molecule has 0 saturated heterocycles. The maximum atomic E-state index is 11.2. The maximum absolute atomic E-state index is 11.2. The smallest absolute Gasteiger partial charge is 0.221 e. The molecule has 1 aromatic carbocycles. The predicted octanol–water partition coefficient (Wildman–Crippen LogP) is 1.44. The molecule has 0 aliphatic rings. The van der Waals surface area contributed by atoms with Crippen molar-refractivity contribution in [3.05, 3.63) is 34.9 Å². The highest BCUT2D eigenvalue weighted by Crippen LogP contribution is 2.19. The molecule has 82 valence electrons. The van der Waals surface area contributed by atoms with Gasteiger partial charge in [-0.25, -0.2) is 0 Å². The maximum Gasteiger partial charge on any atom is 0.221 e. The van der Waals surface area contributed by atoms with Crippen LogP contribution in [0.1, 0.15) is 29.2 Å². The van der Waals surface area contributed by atoms with Crippen LogP contribution in [0, 0.1) is 13.8 Å². The van der Waals surface area contributed by atoms with Crippen LogP contribution >= 0.6 is 0 Å². The third kappa shape index (κ3) is 3.06. The first kappa shape index (κ1) is 11.7. The average Bonchev–Trinajstić information content (AvgIpc) is 2.21. The van der Waals surface area contributed by atoms with Crippen molar-refractivity contribution in [1.82, 2.24) is 5.32 Å². The lowest BCUT2D eigenvalue weighted by molar-refractivity contribution is -0.120. The SMILES string of the molecule is CNC(=O)CC(N)c1cc(C)ccc1C. The van der Waals surface area contributed by atoms with E-state index in [0.29, 0.717) is 6.42 Å². The van der Waals surface area contributed by atoms with E-state index in [-0.39, 0.29) is 11.9 Å². The van der Waals surface area contributed by atoms with Crippen LogP contribution in [-0.4, -0.2) is 13.0 Å². The van der Waals surface area contributed by atoms with Gasteiger partial charge in [-0.3, -0.25) is 4.79 Å². The second-order valence-electron chi connectivity index (χ2n) is 3.84. The van der Waals surface area contributed by atoms with Crippen LogP contribution in [0.15, 0.2) is 18.2 Å². The Morgan fingerprint density at radius 1 is 1.47 bits per heavy atom. The predicted molar refractivity (Wildman–Crippen MR) is 61.5 cm³/mol. The number of carbonyl (C=O) groups excluding carboxylic acids is 1. The number of aryl methyl sites for hydroxylation is 2. The number of rotatable bonds is 3. The Balaban J connectivity index is 2.85. The minimum absolute atomic E-state index is 0.0246. The topological polar surface area (TPSA) is 55.1 Å². The lowest BCUT2D eigenvalue weighted by atomic mass is 9.97. The summed E-state index contributed by atoms with van der Waals surface area (Å²) < 4.78 is 0. The van der Waals surface area contributed by atoms with Gasteiger partial charge in [-0.15, -0.1) is 0 Å². The van der Waals surface area contributed by atoms with Gasteiger partial charge >= 0.3 is 0 Å². The number of nitrogens with two attached hydrogens (primary N) is 1. The van der Waals surface area contributed by atoms with Crippen molar-refractivity contribution in [3.8, 4) is 0 Å². The van der Waals surface area contributed by atoms with E-state index in [0.717, 1.165) is 11.1 Å². The Bertz CT molecular complexity index is 361. The Kier molecular flexibility index (Phi) is 3.86. The number of hydrogen-bond donors (Lipinski definition) is 2. The summed E-state index contributed by atoms with van der Waals surface area (Å²) in [6.07, 6.45) is 0.334. The molecular formula is C12H18N2O. The van der Waals surface area contributed by atoms with E-state index >= 15 is 0 Å². The van der Waals surface area contributed by atoms with Gasteiger partial charge in [-0.05, 0) is 25.0 Å². The Labute approximate surface area is 90.7 Å². The summed E-state index contributed by atoms with van der Waals surface area (Å²) in [6, 6.07) is 5.91. The highest BCUT2D eigenvalue weighted by Gasteiger charge is 2.12. The lowest BCUT2D eigenvalue weighted by Gasteiger charge is -2.14. The molecule has 0 heterocycles. The molecule has 0 aromatic heterocycles. The first-order valence-corrected chi connectivity index (χ1v) is 5.08. The van der Waals surface area contributed by atoms with E-state index in [4.69, 9.17) is 5.73 Å². The molecule has 0 fully saturated rings. The van der Waals surface area contributed by atoms with E-state index in [1.165, 1.54) is 5.56 Å². The Morgan fingerprint density at radius 2 is 2.13 bits per heavy atom. The van der Waals surface area contributed by atoms with Crippen LogP contribution in [0.4, 0.5) is 0 Å². The van der Waals surface area contributed by atoms with E-state index in [9.17, 15) is 4.79 Å². The van der Waals surface area contributed by atoms with Gasteiger partial charge in [0.15, 0.2) is 0 Å². The molecule has 3 heteroatoms. The van der Waals surface area contributed by atoms with Crippen molar-refractivity contribution >= 4 is 5.91 Å². The van der Waals surface area contributed by atoms with Crippen molar-refractivity contribution in [1.29, 1.82) is 0 Å². The molecule has 1 amide bonds. The van der Waals surface area contributed by atoms with Gasteiger partial charge in [0.1, 0.15) is 0 Å². The third-order valence-electron chi connectivity index (χ3n) is 2.52. The number of benzene rings is 1. The summed E-state index contributed by atoms with van der Waals surface area (Å²) in [4.78, 5) is 11.2. The first-order chi connectivity index (χ1) is 7.04. The fraction of sp³-hybridized carbons (Fsp3) is 0.417. The monoisotopic (exact) mass is 206 g/mol. The molecule has 0 spiro atoms. The van der Waals surface area contributed by atoms with Crippen LogP contribution in [-0.2, 0) is 4.79 Å². The van der Waals surface area contributed by atoms with Gasteiger partial charge in [0.25, 0.3) is 0 Å². The molecule has 3 N–H and O–H groups in total. The fourth-order valence-electron chi connectivity index (χ4n) is 1.57. The minimum Gasteiger partial charge on any atom is -0.359 e. The Morgan fingerprint density at radius 3 is 2.73 bits per heavy atom. The van der Waals surface area contributed by atoms with Gasteiger partial charge in [0, 0.05) is 19.5 Å². The van der Waals surface area contributed by atoms with Crippen LogP contribution in [0.2, 0.25) is 0 Å². The van der Waals surface area contributed by atoms with Crippen molar-refractivity contribution in [2.24, 2.45) is 5.73 Å². The van der Waals surface area contributed by atoms with Crippen LogP contribution < -0.4 is 11.1 Å². The molecule has 0 saturated carbocycles. The number of amides is 1. The van der Waals surface area contributed by atoms with Gasteiger partial charge in [-0.1, -0.05) is 23.8 Å². The molecule has 0 aliphatic heterocycles. The summed E-state index contributed by atoms with van der Waals surface area (Å²) >= 11 is 0. The molecule has 1 atom stereocenters. The number of carbonyl (C=O) groups is 1. The summed E-state index contributed by atoms with van der Waals surface area (Å²) in [5.41, 5.74) is 9.34. The van der Waals surface area contributed by atoms with Crippen molar-refractivity contribution in [2.75, 3.05) is 7.05 Å². The van der Waals surface area contributed by atoms with E-state index in [2.05, 4.69) is 5.32 Å². The molecule has 0 bridgehead atoms. The fourth-order valence-corrected chi connectivity index (χ4v) is 1.57. The molecule has 1 aromatic rings. The zero-order chi connectivity index (χ0) is 11.4. The van der Waals surface area contributed by atoms with Crippen molar-refractivity contribution in [2.45, 2.75) is 26.3 Å². The third-order valence-corrected chi connectivity index (χ3v) is 2.52. The molecule has 1 rings (SSSR count). The van der Waals surface area contributed by atoms with Crippen LogP contribution in [0.5, 0.6) is 0 Å². The second kappa shape index (κ2) is 4.94. The highest BCUT2D eigenvalue weighted by atomic mass is 16.1. The average molecular weight is 206 g/mol. The van der Waals surface area contributed by atoms with E-state index in [1.807, 2.05) is 32.0 Å². The normalized spacial score (nSPS) is 12.3. The number of hydrogen-bond acceptors (Lipinski definition) is 2. The zero-order valence-corrected chi connectivity index (χ0v) is 9.50. The summed E-state index contributed by atoms with van der Waals surface area (Å²) in [5.74, 6) is -0.0246. The number of nitrogens with one attached hydrogen (secondary N) is 1. The van der Waals surface area contributed by atoms with Gasteiger partial charge < -0.3 is 11.1 Å². The second-order valence-corrected chi connectivity index (χ2v) is 3.84. The quantitative estimate of drug-likeness (QED) is 0.786. The van der Waals surface area contributed by atoms with Gasteiger partial charge in [-0.2, -0.15) is 0 Å². The van der Waals surface area contributed by atoms with Crippen LogP contribution in [0.25, 0.3) is 0 Å². The first-order valence-electron chi connectivity index (χ1n) is 5.08. The van der Waals surface area contributed by atoms with Gasteiger partial charge in [0.2, 0.25) is 5.91 Å². The summed E-state index contributed by atoms with van der Waals surface area (Å²) in [5, 5.41) is 2.58. The highest BCUT2D eigenvalue weighted by molar-refractivity contribution is 5.76. The largest absolute Gasteiger partial charge is 0.359 e. The summed E-state index contributed by atoms with van der Waals surface area (Å²) in [7, 11) is 1.62. The molecule has 0 radical (unpaired) electrons. The lowest BCUT2D eigenvalue weighted by Crippen LogP contribution is -2.24. The zero-order valence-electron chi connectivity index (χ0n) is 9.50. The molecule has 1 unspecified atom stereocenters. The van der Waals surface area contributed by atoms with Gasteiger partial charge in [0.05, 0.1) is 0 Å². The van der Waals surface area contributed by atoms with Crippen LogP contribution in [0.3, 0.4) is 0 Å². The molecular weight excluding hydrogens is 188 g/mol. The summed E-state index contributed by atoms with van der Waals surface area (Å²) in [6.45, 7) is 4.04. The molecule has 15 heavy (non-hydrogen) atoms.